The fourth-order valence-electron chi connectivity index (χ4n) is 3.27. The van der Waals surface area contributed by atoms with Crippen LogP contribution in [0.3, 0.4) is 0 Å². The second-order valence-corrected chi connectivity index (χ2v) is 6.53. The van der Waals surface area contributed by atoms with E-state index in [0.29, 0.717) is 17.5 Å². The summed E-state index contributed by atoms with van der Waals surface area (Å²) < 4.78 is 0. The standard InChI is InChI=1S/C24H22O2/c1-18(24(26)21-15-9-4-10-16-21)22(19-11-5-2-6-12-19)17-23(25)20-13-7-3-8-14-20/h2-16,18,22H,17H2,1H3/t18-,22+/m1/s1. The van der Waals surface area contributed by atoms with E-state index in [9.17, 15) is 9.59 Å². The maximum Gasteiger partial charge on any atom is 0.166 e. The van der Waals surface area contributed by atoms with Crippen molar-refractivity contribution in [2.24, 2.45) is 5.92 Å². The van der Waals surface area contributed by atoms with E-state index < -0.39 is 0 Å². The predicted molar refractivity (Wildman–Crippen MR) is 105 cm³/mol. The van der Waals surface area contributed by atoms with Crippen LogP contribution in [0.5, 0.6) is 0 Å². The van der Waals surface area contributed by atoms with E-state index in [1.165, 1.54) is 0 Å². The Labute approximate surface area is 154 Å². The number of benzene rings is 3. The maximum atomic E-state index is 13.0. The molecule has 0 radical (unpaired) electrons. The highest BCUT2D eigenvalue weighted by molar-refractivity contribution is 6.00. The molecule has 3 aromatic rings. The van der Waals surface area contributed by atoms with E-state index in [-0.39, 0.29) is 23.4 Å². The van der Waals surface area contributed by atoms with Crippen LogP contribution in [-0.4, -0.2) is 11.6 Å². The van der Waals surface area contributed by atoms with Crippen molar-refractivity contribution in [2.45, 2.75) is 19.3 Å². The van der Waals surface area contributed by atoms with E-state index in [1.54, 1.807) is 0 Å². The average Bonchev–Trinajstić information content (AvgIpc) is 2.72. The highest BCUT2D eigenvalue weighted by Crippen LogP contribution is 2.32. The molecule has 0 saturated carbocycles. The van der Waals surface area contributed by atoms with Crippen LogP contribution >= 0.6 is 0 Å². The van der Waals surface area contributed by atoms with Gasteiger partial charge in [-0.25, -0.2) is 0 Å². The summed E-state index contributed by atoms with van der Waals surface area (Å²) in [4.78, 5) is 25.7. The zero-order valence-corrected chi connectivity index (χ0v) is 14.8. The smallest absolute Gasteiger partial charge is 0.166 e. The molecule has 0 unspecified atom stereocenters. The molecule has 0 heterocycles. The van der Waals surface area contributed by atoms with Crippen LogP contribution in [0.25, 0.3) is 0 Å². The number of rotatable bonds is 7. The van der Waals surface area contributed by atoms with E-state index in [2.05, 4.69) is 0 Å². The third-order valence-corrected chi connectivity index (χ3v) is 4.80. The molecule has 3 rings (SSSR count). The van der Waals surface area contributed by atoms with Gasteiger partial charge in [0, 0.05) is 29.4 Å². The Balaban J connectivity index is 1.89. The largest absolute Gasteiger partial charge is 0.294 e. The van der Waals surface area contributed by atoms with Gasteiger partial charge < -0.3 is 0 Å². The first-order valence-electron chi connectivity index (χ1n) is 8.89. The van der Waals surface area contributed by atoms with Gasteiger partial charge in [0.15, 0.2) is 11.6 Å². The molecular weight excluding hydrogens is 320 g/mol. The number of hydrogen-bond acceptors (Lipinski definition) is 2. The van der Waals surface area contributed by atoms with Crippen molar-refractivity contribution in [2.75, 3.05) is 0 Å². The lowest BCUT2D eigenvalue weighted by Gasteiger charge is -2.23. The van der Waals surface area contributed by atoms with Crippen molar-refractivity contribution >= 4 is 11.6 Å². The molecule has 0 aliphatic heterocycles. The number of Topliss-reactive ketones (excluding diaryl/α,β-unsaturated/α-hetero) is 2. The Morgan fingerprint density at radius 1 is 0.692 bits per heavy atom. The minimum absolute atomic E-state index is 0.0622. The molecule has 0 amide bonds. The van der Waals surface area contributed by atoms with Crippen molar-refractivity contribution in [1.82, 2.24) is 0 Å². The van der Waals surface area contributed by atoms with Crippen molar-refractivity contribution in [1.29, 1.82) is 0 Å². The predicted octanol–water partition coefficient (Wildman–Crippen LogP) is 5.56. The van der Waals surface area contributed by atoms with E-state index in [1.807, 2.05) is 97.9 Å². The molecule has 0 saturated heterocycles. The number of ketones is 2. The SMILES string of the molecule is C[C@@H](C(=O)c1ccccc1)[C@H](CC(=O)c1ccccc1)c1ccccc1. The molecule has 0 aromatic heterocycles. The summed E-state index contributed by atoms with van der Waals surface area (Å²) in [5, 5.41) is 0. The van der Waals surface area contributed by atoms with E-state index in [0.717, 1.165) is 5.56 Å². The Kier molecular flexibility index (Phi) is 5.75. The summed E-state index contributed by atoms with van der Waals surface area (Å²) in [5.74, 6) is -0.309. The fraction of sp³-hybridized carbons (Fsp3) is 0.167. The lowest BCUT2D eigenvalue weighted by Crippen LogP contribution is -2.22. The lowest BCUT2D eigenvalue weighted by molar-refractivity contribution is 0.0888. The average molecular weight is 342 g/mol. The van der Waals surface area contributed by atoms with Gasteiger partial charge in [0.05, 0.1) is 0 Å². The molecule has 3 aromatic carbocycles. The summed E-state index contributed by atoms with van der Waals surface area (Å²) in [6.45, 7) is 1.92. The molecule has 2 heteroatoms. The van der Waals surface area contributed by atoms with Crippen LogP contribution in [0.4, 0.5) is 0 Å². The fourth-order valence-corrected chi connectivity index (χ4v) is 3.27. The molecule has 0 N–H and O–H groups in total. The second kappa shape index (κ2) is 8.39. The van der Waals surface area contributed by atoms with Gasteiger partial charge in [-0.05, 0) is 5.56 Å². The number of carbonyl (C=O) groups is 2. The van der Waals surface area contributed by atoms with Crippen LogP contribution < -0.4 is 0 Å². The Hall–Kier alpha value is -3.00. The first-order chi connectivity index (χ1) is 12.7. The van der Waals surface area contributed by atoms with Crippen molar-refractivity contribution in [3.05, 3.63) is 108 Å². The molecule has 0 aliphatic carbocycles. The number of carbonyl (C=O) groups excluding carboxylic acids is 2. The first kappa shape index (κ1) is 17.8. The minimum Gasteiger partial charge on any atom is -0.294 e. The highest BCUT2D eigenvalue weighted by atomic mass is 16.1. The summed E-state index contributed by atoms with van der Waals surface area (Å²) in [7, 11) is 0. The van der Waals surface area contributed by atoms with Crippen molar-refractivity contribution in [3.8, 4) is 0 Å². The Bertz CT molecular complexity index is 854. The molecule has 2 nitrogen and oxygen atoms in total. The van der Waals surface area contributed by atoms with Gasteiger partial charge in [0.2, 0.25) is 0 Å². The van der Waals surface area contributed by atoms with Gasteiger partial charge in [0.25, 0.3) is 0 Å². The van der Waals surface area contributed by atoms with Gasteiger partial charge in [-0.2, -0.15) is 0 Å². The second-order valence-electron chi connectivity index (χ2n) is 6.53. The van der Waals surface area contributed by atoms with Crippen LogP contribution in [0.1, 0.15) is 45.5 Å². The van der Waals surface area contributed by atoms with E-state index in [4.69, 9.17) is 0 Å². The summed E-state index contributed by atoms with van der Waals surface area (Å²) in [6.07, 6.45) is 0.313. The van der Waals surface area contributed by atoms with Crippen LogP contribution in [-0.2, 0) is 0 Å². The molecule has 0 bridgehead atoms. The van der Waals surface area contributed by atoms with Gasteiger partial charge in [-0.3, -0.25) is 9.59 Å². The zero-order chi connectivity index (χ0) is 18.4. The molecular formula is C24H22O2. The maximum absolute atomic E-state index is 13.0. The van der Waals surface area contributed by atoms with Crippen LogP contribution in [0.2, 0.25) is 0 Å². The first-order valence-corrected chi connectivity index (χ1v) is 8.89. The van der Waals surface area contributed by atoms with Gasteiger partial charge in [-0.1, -0.05) is 97.9 Å². The zero-order valence-electron chi connectivity index (χ0n) is 14.8. The van der Waals surface area contributed by atoms with Gasteiger partial charge in [0.1, 0.15) is 0 Å². The molecule has 0 fully saturated rings. The quantitative estimate of drug-likeness (QED) is 0.527. The van der Waals surface area contributed by atoms with Crippen molar-refractivity contribution in [3.63, 3.8) is 0 Å². The normalized spacial score (nSPS) is 13.0. The summed E-state index contributed by atoms with van der Waals surface area (Å²) >= 11 is 0. The van der Waals surface area contributed by atoms with Gasteiger partial charge >= 0.3 is 0 Å². The summed E-state index contributed by atoms with van der Waals surface area (Å²) in [6, 6.07) is 28.4. The lowest BCUT2D eigenvalue weighted by atomic mass is 9.79. The molecule has 130 valence electrons. The molecule has 0 spiro atoms. The highest BCUT2D eigenvalue weighted by Gasteiger charge is 2.28. The topological polar surface area (TPSA) is 34.1 Å². The number of hydrogen-bond donors (Lipinski definition) is 0. The molecule has 26 heavy (non-hydrogen) atoms. The molecule has 0 aliphatic rings. The third-order valence-electron chi connectivity index (χ3n) is 4.80. The van der Waals surface area contributed by atoms with Crippen LogP contribution in [0, 0.1) is 5.92 Å². The van der Waals surface area contributed by atoms with Crippen molar-refractivity contribution < 1.29 is 9.59 Å². The van der Waals surface area contributed by atoms with Gasteiger partial charge in [-0.15, -0.1) is 0 Å². The Morgan fingerprint density at radius 2 is 1.15 bits per heavy atom. The summed E-state index contributed by atoms with van der Waals surface area (Å²) in [5.41, 5.74) is 2.40. The molecule has 2 atom stereocenters. The third kappa shape index (κ3) is 4.15. The minimum atomic E-state index is -0.285. The Morgan fingerprint density at radius 3 is 1.69 bits per heavy atom. The van der Waals surface area contributed by atoms with E-state index >= 15 is 0 Å². The monoisotopic (exact) mass is 342 g/mol. The van der Waals surface area contributed by atoms with Crippen LogP contribution in [0.15, 0.2) is 91.0 Å².